The maximum Gasteiger partial charge on any atom is 0.348 e. The summed E-state index contributed by atoms with van der Waals surface area (Å²) >= 11 is 8.83. The van der Waals surface area contributed by atoms with Gasteiger partial charge in [0.2, 0.25) is 10.0 Å². The van der Waals surface area contributed by atoms with Crippen molar-refractivity contribution in [2.75, 3.05) is 26.0 Å². The molecule has 1 amide bonds. The second kappa shape index (κ2) is 9.80. The molecule has 0 saturated carbocycles. The van der Waals surface area contributed by atoms with Gasteiger partial charge in [-0.1, -0.05) is 23.7 Å². The number of halogens is 1. The molecule has 2 heterocycles. The zero-order chi connectivity index (χ0) is 24.5. The number of sulfonamides is 1. The van der Waals surface area contributed by atoms with Gasteiger partial charge >= 0.3 is 5.97 Å². The van der Waals surface area contributed by atoms with E-state index in [4.69, 9.17) is 16.3 Å². The number of benzene rings is 2. The van der Waals surface area contributed by atoms with Gasteiger partial charge < -0.3 is 10.1 Å². The lowest BCUT2D eigenvalue weighted by Gasteiger charge is -2.13. The first-order chi connectivity index (χ1) is 16.1. The number of aromatic nitrogens is 1. The highest BCUT2D eigenvalue weighted by atomic mass is 35.5. The minimum absolute atomic E-state index is 0.0323. The molecule has 12 heteroatoms. The fraction of sp³-hybridized carbons (Fsp3) is 0.136. The van der Waals surface area contributed by atoms with Crippen molar-refractivity contribution in [2.45, 2.75) is 4.90 Å². The molecule has 2 aromatic heterocycles. The zero-order valence-electron chi connectivity index (χ0n) is 17.9. The maximum atomic E-state index is 12.4. The molecule has 0 aliphatic heterocycles. The highest BCUT2D eigenvalue weighted by Gasteiger charge is 2.20. The van der Waals surface area contributed by atoms with Gasteiger partial charge in [-0.2, -0.15) is 0 Å². The number of hydrogen-bond acceptors (Lipinski definition) is 8. The smallest absolute Gasteiger partial charge is 0.348 e. The summed E-state index contributed by atoms with van der Waals surface area (Å²) in [5.41, 5.74) is 0.984. The van der Waals surface area contributed by atoms with Crippen LogP contribution in [0, 0.1) is 0 Å². The number of nitrogens with zero attached hydrogens (tertiary/aromatic N) is 2. The Morgan fingerprint density at radius 3 is 2.59 bits per heavy atom. The Hall–Kier alpha value is -2.83. The summed E-state index contributed by atoms with van der Waals surface area (Å²) in [4.78, 5) is 30.4. The average Bonchev–Trinajstić information content (AvgIpc) is 3.46. The van der Waals surface area contributed by atoms with E-state index in [1.165, 1.54) is 55.0 Å². The van der Waals surface area contributed by atoms with Crippen LogP contribution in [0.25, 0.3) is 20.1 Å². The van der Waals surface area contributed by atoms with E-state index in [1.807, 2.05) is 24.3 Å². The number of anilines is 1. The molecular formula is C22H18ClN3O5S3. The van der Waals surface area contributed by atoms with Crippen molar-refractivity contribution in [1.82, 2.24) is 9.29 Å². The minimum atomic E-state index is -3.71. The number of rotatable bonds is 7. The lowest BCUT2D eigenvalue weighted by atomic mass is 10.3. The first-order valence-electron chi connectivity index (χ1n) is 9.80. The van der Waals surface area contributed by atoms with Crippen LogP contribution in [-0.4, -0.2) is 50.3 Å². The molecular weight excluding hydrogens is 518 g/mol. The molecule has 34 heavy (non-hydrogen) atoms. The monoisotopic (exact) mass is 535 g/mol. The third-order valence-corrected chi connectivity index (χ3v) is 9.05. The number of thiazole rings is 1. The predicted molar refractivity (Wildman–Crippen MR) is 134 cm³/mol. The third-order valence-electron chi connectivity index (χ3n) is 4.64. The SMILES string of the molecule is CN(C)S(=O)(=O)c1ccc(Cl)c(NC(=O)COC(=O)c2ccc(-c3nc4ccccc4s3)s2)c1. The van der Waals surface area contributed by atoms with Gasteiger partial charge in [0.1, 0.15) is 9.88 Å². The number of fused-ring (bicyclic) bond motifs is 1. The third kappa shape index (κ3) is 5.13. The Kier molecular flexibility index (Phi) is 7.01. The quantitative estimate of drug-likeness (QED) is 0.343. The number of amides is 1. The Labute approximate surface area is 208 Å². The second-order valence-electron chi connectivity index (χ2n) is 7.20. The summed E-state index contributed by atoms with van der Waals surface area (Å²) in [5, 5.41) is 3.42. The maximum absolute atomic E-state index is 12.4. The number of thiophene rings is 1. The summed E-state index contributed by atoms with van der Waals surface area (Å²) < 4.78 is 31.8. The van der Waals surface area contributed by atoms with Crippen LogP contribution in [0.15, 0.2) is 59.5 Å². The average molecular weight is 536 g/mol. The Morgan fingerprint density at radius 2 is 1.85 bits per heavy atom. The van der Waals surface area contributed by atoms with Crippen molar-refractivity contribution in [3.63, 3.8) is 0 Å². The molecule has 0 aliphatic rings. The molecule has 0 radical (unpaired) electrons. The van der Waals surface area contributed by atoms with Crippen LogP contribution >= 0.6 is 34.3 Å². The number of carbonyl (C=O) groups is 2. The molecule has 0 bridgehead atoms. The van der Waals surface area contributed by atoms with Gasteiger partial charge in [0, 0.05) is 14.1 Å². The minimum Gasteiger partial charge on any atom is -0.451 e. The molecule has 4 aromatic rings. The van der Waals surface area contributed by atoms with E-state index < -0.39 is 28.5 Å². The van der Waals surface area contributed by atoms with Crippen molar-refractivity contribution < 1.29 is 22.7 Å². The molecule has 176 valence electrons. The summed E-state index contributed by atoms with van der Waals surface area (Å²) in [5.74, 6) is -1.31. The van der Waals surface area contributed by atoms with Crippen molar-refractivity contribution in [2.24, 2.45) is 0 Å². The van der Waals surface area contributed by atoms with Crippen LogP contribution < -0.4 is 5.32 Å². The number of hydrogen-bond donors (Lipinski definition) is 1. The number of esters is 1. The van der Waals surface area contributed by atoms with E-state index in [2.05, 4.69) is 10.3 Å². The molecule has 0 saturated heterocycles. The molecule has 0 fully saturated rings. The van der Waals surface area contributed by atoms with Gasteiger partial charge in [0.05, 0.1) is 30.7 Å². The fourth-order valence-corrected chi connectivity index (χ4v) is 5.91. The van der Waals surface area contributed by atoms with Crippen LogP contribution in [0.2, 0.25) is 5.02 Å². The Morgan fingerprint density at radius 1 is 1.09 bits per heavy atom. The zero-order valence-corrected chi connectivity index (χ0v) is 21.1. The summed E-state index contributed by atoms with van der Waals surface area (Å²) in [7, 11) is -0.913. The topological polar surface area (TPSA) is 106 Å². The lowest BCUT2D eigenvalue weighted by Crippen LogP contribution is -2.23. The van der Waals surface area contributed by atoms with E-state index in [0.29, 0.717) is 4.88 Å². The first kappa shape index (κ1) is 24.3. The lowest BCUT2D eigenvalue weighted by molar-refractivity contribution is -0.119. The summed E-state index contributed by atoms with van der Waals surface area (Å²) in [6.07, 6.45) is 0. The van der Waals surface area contributed by atoms with E-state index in [-0.39, 0.29) is 15.6 Å². The van der Waals surface area contributed by atoms with Crippen LogP contribution in [0.1, 0.15) is 9.67 Å². The van der Waals surface area contributed by atoms with E-state index in [1.54, 1.807) is 12.1 Å². The normalized spacial score (nSPS) is 11.6. The van der Waals surface area contributed by atoms with Crippen molar-refractivity contribution in [3.8, 4) is 9.88 Å². The van der Waals surface area contributed by atoms with E-state index >= 15 is 0 Å². The van der Waals surface area contributed by atoms with Crippen LogP contribution in [0.4, 0.5) is 5.69 Å². The molecule has 0 spiro atoms. The second-order valence-corrected chi connectivity index (χ2v) is 11.9. The highest BCUT2D eigenvalue weighted by Crippen LogP contribution is 2.34. The molecule has 0 aliphatic carbocycles. The number of para-hydroxylation sites is 1. The number of carbonyl (C=O) groups excluding carboxylic acids is 2. The summed E-state index contributed by atoms with van der Waals surface area (Å²) in [6, 6.07) is 15.1. The van der Waals surface area contributed by atoms with Crippen molar-refractivity contribution in [1.29, 1.82) is 0 Å². The first-order valence-corrected chi connectivity index (χ1v) is 13.2. The van der Waals surface area contributed by atoms with Gasteiger partial charge in [-0.15, -0.1) is 22.7 Å². The van der Waals surface area contributed by atoms with E-state index in [0.717, 1.165) is 24.4 Å². The Bertz CT molecular complexity index is 1460. The van der Waals surface area contributed by atoms with Gasteiger partial charge in [-0.25, -0.2) is 22.5 Å². The van der Waals surface area contributed by atoms with Crippen LogP contribution in [0.5, 0.6) is 0 Å². The van der Waals surface area contributed by atoms with Gasteiger partial charge in [0.15, 0.2) is 6.61 Å². The van der Waals surface area contributed by atoms with Gasteiger partial charge in [-0.3, -0.25) is 4.79 Å². The standard InChI is InChI=1S/C22H18ClN3O5S3/c1-26(2)34(29,30)13-7-8-14(23)16(11-13)24-20(27)12-31-22(28)19-10-9-18(32-19)21-25-15-5-3-4-6-17(15)33-21/h3-11H,12H2,1-2H3,(H,24,27). The molecule has 1 N–H and O–H groups in total. The van der Waals surface area contributed by atoms with Crippen LogP contribution in [-0.2, 0) is 19.6 Å². The van der Waals surface area contributed by atoms with Crippen molar-refractivity contribution in [3.05, 3.63) is 64.5 Å². The number of nitrogens with one attached hydrogen (secondary N) is 1. The molecule has 2 aromatic carbocycles. The highest BCUT2D eigenvalue weighted by molar-refractivity contribution is 7.89. The number of ether oxygens (including phenoxy) is 1. The summed E-state index contributed by atoms with van der Waals surface area (Å²) in [6.45, 7) is -0.561. The Balaban J connectivity index is 1.40. The molecule has 0 unspecified atom stereocenters. The predicted octanol–water partition coefficient (Wildman–Crippen LogP) is 4.72. The van der Waals surface area contributed by atoms with Gasteiger partial charge in [-0.05, 0) is 42.5 Å². The van der Waals surface area contributed by atoms with Crippen LogP contribution in [0.3, 0.4) is 0 Å². The van der Waals surface area contributed by atoms with E-state index in [9.17, 15) is 18.0 Å². The fourth-order valence-electron chi connectivity index (χ4n) is 2.90. The van der Waals surface area contributed by atoms with Crippen molar-refractivity contribution >= 4 is 72.1 Å². The van der Waals surface area contributed by atoms with Gasteiger partial charge in [0.25, 0.3) is 5.91 Å². The molecule has 4 rings (SSSR count). The molecule has 8 nitrogen and oxygen atoms in total. The largest absolute Gasteiger partial charge is 0.451 e. The molecule has 0 atom stereocenters.